The number of hydrogen-bond donors (Lipinski definition) is 1. The number of rotatable bonds is 11. The lowest BCUT2D eigenvalue weighted by atomic mass is 9.99. The van der Waals surface area contributed by atoms with E-state index < -0.39 is 11.6 Å². The van der Waals surface area contributed by atoms with Gasteiger partial charge in [0.15, 0.2) is 11.5 Å². The van der Waals surface area contributed by atoms with Gasteiger partial charge in [-0.05, 0) is 68.1 Å². The van der Waals surface area contributed by atoms with Crippen molar-refractivity contribution >= 4 is 27.7 Å². The molecule has 0 aliphatic rings. The third kappa shape index (κ3) is 8.62. The Morgan fingerprint density at radius 3 is 2.11 bits per heavy atom. The largest absolute Gasteiger partial charge is 0.493 e. The number of ether oxygens (including phenoxy) is 2. The third-order valence-corrected chi connectivity index (χ3v) is 6.64. The SMILES string of the molecule is COc1ccc(CCC(=O)N(Cc2ccc(Br)cc2)C(Cc2ccccc2)C(=O)NC(C)(C)C)cc1OC. The quantitative estimate of drug-likeness (QED) is 0.304. The molecule has 3 rings (SSSR count). The third-order valence-electron chi connectivity index (χ3n) is 6.11. The van der Waals surface area contributed by atoms with Gasteiger partial charge in [0.05, 0.1) is 14.2 Å². The average molecular weight is 582 g/mol. The van der Waals surface area contributed by atoms with Crippen LogP contribution in [-0.2, 0) is 29.0 Å². The van der Waals surface area contributed by atoms with E-state index in [2.05, 4.69) is 21.2 Å². The maximum Gasteiger partial charge on any atom is 0.243 e. The fraction of sp³-hybridized carbons (Fsp3) is 0.355. The van der Waals surface area contributed by atoms with E-state index in [0.717, 1.165) is 21.2 Å². The first kappa shape index (κ1) is 29.2. The van der Waals surface area contributed by atoms with Crippen molar-refractivity contribution in [2.45, 2.75) is 58.2 Å². The highest BCUT2D eigenvalue weighted by molar-refractivity contribution is 9.10. The second-order valence-electron chi connectivity index (χ2n) is 10.3. The second kappa shape index (κ2) is 13.5. The van der Waals surface area contributed by atoms with Gasteiger partial charge in [0.2, 0.25) is 11.8 Å². The highest BCUT2D eigenvalue weighted by atomic mass is 79.9. The van der Waals surface area contributed by atoms with Crippen LogP contribution in [0.25, 0.3) is 0 Å². The highest BCUT2D eigenvalue weighted by Gasteiger charge is 2.32. The van der Waals surface area contributed by atoms with Crippen molar-refractivity contribution in [1.29, 1.82) is 0 Å². The Bertz CT molecular complexity index is 1210. The zero-order valence-corrected chi connectivity index (χ0v) is 24.4. The molecule has 0 bridgehead atoms. The molecule has 202 valence electrons. The average Bonchev–Trinajstić information content (AvgIpc) is 2.89. The van der Waals surface area contributed by atoms with E-state index in [-0.39, 0.29) is 18.2 Å². The summed E-state index contributed by atoms with van der Waals surface area (Å²) < 4.78 is 11.7. The van der Waals surface area contributed by atoms with Gasteiger partial charge in [-0.3, -0.25) is 9.59 Å². The summed E-state index contributed by atoms with van der Waals surface area (Å²) in [5.41, 5.74) is 2.47. The fourth-order valence-corrected chi connectivity index (χ4v) is 4.49. The minimum Gasteiger partial charge on any atom is -0.493 e. The Morgan fingerprint density at radius 2 is 1.50 bits per heavy atom. The summed E-state index contributed by atoms with van der Waals surface area (Å²) >= 11 is 3.48. The molecule has 0 aliphatic carbocycles. The van der Waals surface area contributed by atoms with Crippen LogP contribution in [0.2, 0.25) is 0 Å². The molecule has 3 aromatic carbocycles. The van der Waals surface area contributed by atoms with Crippen LogP contribution in [-0.4, -0.2) is 42.5 Å². The molecule has 2 amide bonds. The maximum absolute atomic E-state index is 13.8. The Kier molecular flexibility index (Phi) is 10.4. The van der Waals surface area contributed by atoms with Crippen molar-refractivity contribution < 1.29 is 19.1 Å². The number of methoxy groups -OCH3 is 2. The number of hydrogen-bond acceptors (Lipinski definition) is 4. The Hall–Kier alpha value is -3.32. The standard InChI is InChI=1S/C31H37BrN2O4/c1-31(2,3)33-30(36)26(19-22-9-7-6-8-10-22)34(21-24-11-15-25(32)16-12-24)29(35)18-14-23-13-17-27(37-4)28(20-23)38-5/h6-13,15-17,20,26H,14,18-19,21H2,1-5H3,(H,33,36). The van der Waals surface area contributed by atoms with Crippen LogP contribution >= 0.6 is 15.9 Å². The molecule has 0 saturated heterocycles. The van der Waals surface area contributed by atoms with Gasteiger partial charge in [0.1, 0.15) is 6.04 Å². The van der Waals surface area contributed by atoms with Gasteiger partial charge in [0, 0.05) is 29.4 Å². The second-order valence-corrected chi connectivity index (χ2v) is 11.2. The summed E-state index contributed by atoms with van der Waals surface area (Å²) in [4.78, 5) is 29.2. The van der Waals surface area contributed by atoms with Gasteiger partial charge in [-0.1, -0.05) is 64.5 Å². The molecule has 0 heterocycles. The van der Waals surface area contributed by atoms with E-state index in [9.17, 15) is 9.59 Å². The summed E-state index contributed by atoms with van der Waals surface area (Å²) in [6.07, 6.45) is 1.18. The van der Waals surface area contributed by atoms with E-state index in [1.807, 2.05) is 93.6 Å². The normalized spacial score (nSPS) is 11.9. The number of carbonyl (C=O) groups is 2. The Morgan fingerprint density at radius 1 is 0.868 bits per heavy atom. The zero-order valence-electron chi connectivity index (χ0n) is 22.8. The Balaban J connectivity index is 1.92. The van der Waals surface area contributed by atoms with Gasteiger partial charge in [-0.2, -0.15) is 0 Å². The number of aryl methyl sites for hydroxylation is 1. The van der Waals surface area contributed by atoms with Gasteiger partial charge in [-0.25, -0.2) is 0 Å². The monoisotopic (exact) mass is 580 g/mol. The van der Waals surface area contributed by atoms with E-state index in [0.29, 0.717) is 30.9 Å². The first-order chi connectivity index (χ1) is 18.1. The molecule has 7 heteroatoms. The van der Waals surface area contributed by atoms with Gasteiger partial charge in [-0.15, -0.1) is 0 Å². The van der Waals surface area contributed by atoms with E-state index in [1.165, 1.54) is 0 Å². The summed E-state index contributed by atoms with van der Waals surface area (Å²) in [5.74, 6) is 1.00. The molecule has 38 heavy (non-hydrogen) atoms. The number of nitrogens with zero attached hydrogens (tertiary/aromatic N) is 1. The molecule has 1 atom stereocenters. The van der Waals surface area contributed by atoms with Crippen molar-refractivity contribution in [3.05, 3.63) is 94.0 Å². The van der Waals surface area contributed by atoms with Crippen molar-refractivity contribution in [3.63, 3.8) is 0 Å². The fourth-order valence-electron chi connectivity index (χ4n) is 4.22. The van der Waals surface area contributed by atoms with E-state index in [4.69, 9.17) is 9.47 Å². The molecule has 1 unspecified atom stereocenters. The van der Waals surface area contributed by atoms with E-state index >= 15 is 0 Å². The summed E-state index contributed by atoms with van der Waals surface area (Å²) in [5, 5.41) is 3.10. The topological polar surface area (TPSA) is 67.9 Å². The lowest BCUT2D eigenvalue weighted by Crippen LogP contribution is -2.54. The summed E-state index contributed by atoms with van der Waals surface area (Å²) in [7, 11) is 3.19. The van der Waals surface area contributed by atoms with Crippen molar-refractivity contribution in [2.75, 3.05) is 14.2 Å². The minimum absolute atomic E-state index is 0.0901. The lowest BCUT2D eigenvalue weighted by Gasteiger charge is -2.34. The van der Waals surface area contributed by atoms with Crippen LogP contribution in [0.4, 0.5) is 0 Å². The zero-order chi connectivity index (χ0) is 27.7. The van der Waals surface area contributed by atoms with Crippen molar-refractivity contribution in [3.8, 4) is 11.5 Å². The van der Waals surface area contributed by atoms with Gasteiger partial charge >= 0.3 is 0 Å². The van der Waals surface area contributed by atoms with Crippen LogP contribution in [0.3, 0.4) is 0 Å². The summed E-state index contributed by atoms with van der Waals surface area (Å²) in [6.45, 7) is 6.17. The van der Waals surface area contributed by atoms with Crippen LogP contribution < -0.4 is 14.8 Å². The minimum atomic E-state index is -0.668. The highest BCUT2D eigenvalue weighted by Crippen LogP contribution is 2.28. The molecular formula is C31H37BrN2O4. The number of nitrogens with one attached hydrogen (secondary N) is 1. The molecule has 3 aromatic rings. The summed E-state index contributed by atoms with van der Waals surface area (Å²) in [6, 6.07) is 22.7. The smallest absolute Gasteiger partial charge is 0.243 e. The van der Waals surface area contributed by atoms with E-state index in [1.54, 1.807) is 19.1 Å². The van der Waals surface area contributed by atoms with Crippen molar-refractivity contribution in [1.82, 2.24) is 10.2 Å². The molecule has 0 aliphatic heterocycles. The van der Waals surface area contributed by atoms with Gasteiger partial charge < -0.3 is 19.7 Å². The van der Waals surface area contributed by atoms with Crippen LogP contribution in [0.15, 0.2) is 77.3 Å². The predicted molar refractivity (Wildman–Crippen MR) is 154 cm³/mol. The molecule has 0 fully saturated rings. The number of halogens is 1. The lowest BCUT2D eigenvalue weighted by molar-refractivity contribution is -0.141. The molecule has 6 nitrogen and oxygen atoms in total. The van der Waals surface area contributed by atoms with Crippen LogP contribution in [0.1, 0.15) is 43.9 Å². The number of benzene rings is 3. The van der Waals surface area contributed by atoms with Crippen LogP contribution in [0.5, 0.6) is 11.5 Å². The number of amides is 2. The molecular weight excluding hydrogens is 544 g/mol. The first-order valence-electron chi connectivity index (χ1n) is 12.7. The number of carbonyl (C=O) groups excluding carboxylic acids is 2. The molecule has 1 N–H and O–H groups in total. The molecule has 0 radical (unpaired) electrons. The van der Waals surface area contributed by atoms with Crippen molar-refractivity contribution in [2.24, 2.45) is 0 Å². The molecule has 0 spiro atoms. The molecule has 0 aromatic heterocycles. The Labute approximate surface area is 234 Å². The molecule has 0 saturated carbocycles. The maximum atomic E-state index is 13.8. The predicted octanol–water partition coefficient (Wildman–Crippen LogP) is 5.95. The first-order valence-corrected chi connectivity index (χ1v) is 13.5. The van der Waals surface area contributed by atoms with Gasteiger partial charge in [0.25, 0.3) is 0 Å². The van der Waals surface area contributed by atoms with Crippen LogP contribution in [0, 0.1) is 0 Å².